The molecule has 0 amide bonds. The summed E-state index contributed by atoms with van der Waals surface area (Å²) in [4.78, 5) is 0. The summed E-state index contributed by atoms with van der Waals surface area (Å²) in [5, 5.41) is 3.67. The average molecular weight is 240 g/mol. The number of nitrogens with one attached hydrogen (secondary N) is 1. The summed E-state index contributed by atoms with van der Waals surface area (Å²) in [5.74, 6) is 0.679. The third kappa shape index (κ3) is 6.14. The van der Waals surface area contributed by atoms with Crippen LogP contribution in [0.25, 0.3) is 0 Å². The van der Waals surface area contributed by atoms with Crippen LogP contribution in [0.15, 0.2) is 30.3 Å². The van der Waals surface area contributed by atoms with Crippen molar-refractivity contribution in [1.29, 1.82) is 0 Å². The Balaban J connectivity index is 2.08. The first-order chi connectivity index (χ1) is 7.68. The first-order valence-electron chi connectivity index (χ1n) is 6.07. The van der Waals surface area contributed by atoms with Crippen molar-refractivity contribution in [2.45, 2.75) is 32.1 Å². The van der Waals surface area contributed by atoms with Crippen LogP contribution in [0.3, 0.4) is 0 Å². The maximum atomic E-state index is 6.20. The van der Waals surface area contributed by atoms with E-state index >= 15 is 0 Å². The van der Waals surface area contributed by atoms with Crippen molar-refractivity contribution in [2.24, 2.45) is 5.92 Å². The molecule has 0 aliphatic carbocycles. The lowest BCUT2D eigenvalue weighted by Crippen LogP contribution is -2.26. The maximum absolute atomic E-state index is 6.20. The summed E-state index contributed by atoms with van der Waals surface area (Å²) in [6, 6.07) is 10.5. The summed E-state index contributed by atoms with van der Waals surface area (Å²) in [7, 11) is 0. The number of alkyl halides is 1. The van der Waals surface area contributed by atoms with E-state index in [2.05, 4.69) is 43.4 Å². The standard InChI is InChI=1S/C14H22ClN/c1-12(2)10-14(15)11-16-9-8-13-6-4-3-5-7-13/h3-7,12,14,16H,8-11H2,1-2H3. The monoisotopic (exact) mass is 239 g/mol. The molecule has 0 aromatic heterocycles. The third-order valence-corrected chi connectivity index (χ3v) is 2.86. The lowest BCUT2D eigenvalue weighted by molar-refractivity contribution is 0.534. The van der Waals surface area contributed by atoms with E-state index in [9.17, 15) is 0 Å². The minimum absolute atomic E-state index is 0.260. The van der Waals surface area contributed by atoms with Crippen molar-refractivity contribution in [3.8, 4) is 0 Å². The molecule has 0 saturated heterocycles. The molecule has 1 atom stereocenters. The smallest absolute Gasteiger partial charge is 0.0463 e. The van der Waals surface area contributed by atoms with Gasteiger partial charge in [0.1, 0.15) is 0 Å². The predicted octanol–water partition coefficient (Wildman–Crippen LogP) is 3.47. The van der Waals surface area contributed by atoms with Crippen LogP contribution in [0.2, 0.25) is 0 Å². The number of rotatable bonds is 7. The molecule has 16 heavy (non-hydrogen) atoms. The molecule has 1 unspecified atom stereocenters. The molecular weight excluding hydrogens is 218 g/mol. The van der Waals surface area contributed by atoms with Crippen LogP contribution in [0.5, 0.6) is 0 Å². The normalized spacial score (nSPS) is 13.0. The van der Waals surface area contributed by atoms with Crippen LogP contribution in [-0.4, -0.2) is 18.5 Å². The number of benzene rings is 1. The van der Waals surface area contributed by atoms with E-state index in [1.165, 1.54) is 5.56 Å². The van der Waals surface area contributed by atoms with Gasteiger partial charge in [-0.15, -0.1) is 11.6 Å². The first-order valence-corrected chi connectivity index (χ1v) is 6.51. The molecule has 0 fully saturated rings. The van der Waals surface area contributed by atoms with Gasteiger partial charge in [0, 0.05) is 11.9 Å². The molecule has 1 rings (SSSR count). The zero-order valence-electron chi connectivity index (χ0n) is 10.2. The second-order valence-corrected chi connectivity index (χ2v) is 5.28. The highest BCUT2D eigenvalue weighted by Gasteiger charge is 2.06. The van der Waals surface area contributed by atoms with Crippen LogP contribution in [0.4, 0.5) is 0 Å². The van der Waals surface area contributed by atoms with Gasteiger partial charge in [-0.1, -0.05) is 44.2 Å². The third-order valence-electron chi connectivity index (χ3n) is 2.53. The fourth-order valence-electron chi connectivity index (χ4n) is 1.73. The van der Waals surface area contributed by atoms with E-state index in [1.807, 2.05) is 6.07 Å². The molecule has 90 valence electrons. The quantitative estimate of drug-likeness (QED) is 0.568. The van der Waals surface area contributed by atoms with Crippen molar-refractivity contribution in [1.82, 2.24) is 5.32 Å². The fraction of sp³-hybridized carbons (Fsp3) is 0.571. The van der Waals surface area contributed by atoms with Crippen molar-refractivity contribution in [3.63, 3.8) is 0 Å². The lowest BCUT2D eigenvalue weighted by Gasteiger charge is -2.12. The molecule has 0 aliphatic rings. The molecule has 0 saturated carbocycles. The second-order valence-electron chi connectivity index (χ2n) is 4.67. The molecule has 0 spiro atoms. The summed E-state index contributed by atoms with van der Waals surface area (Å²) in [5.41, 5.74) is 1.38. The van der Waals surface area contributed by atoms with Crippen LogP contribution in [0.1, 0.15) is 25.8 Å². The van der Waals surface area contributed by atoms with Crippen LogP contribution >= 0.6 is 11.6 Å². The Kier molecular flexibility index (Phi) is 6.51. The van der Waals surface area contributed by atoms with E-state index in [-0.39, 0.29) is 5.38 Å². The summed E-state index contributed by atoms with van der Waals surface area (Å²) in [6.07, 6.45) is 2.16. The van der Waals surface area contributed by atoms with Crippen LogP contribution in [-0.2, 0) is 6.42 Å². The minimum atomic E-state index is 0.260. The Labute approximate surface area is 104 Å². The molecule has 1 nitrogen and oxygen atoms in total. The van der Waals surface area contributed by atoms with Crippen molar-refractivity contribution >= 4 is 11.6 Å². The highest BCUT2D eigenvalue weighted by Crippen LogP contribution is 2.09. The summed E-state index contributed by atoms with van der Waals surface area (Å²) < 4.78 is 0. The molecule has 0 aliphatic heterocycles. The highest BCUT2D eigenvalue weighted by atomic mass is 35.5. The number of hydrogen-bond donors (Lipinski definition) is 1. The summed E-state index contributed by atoms with van der Waals surface area (Å²) in [6.45, 7) is 6.33. The van der Waals surface area contributed by atoms with Crippen molar-refractivity contribution in [2.75, 3.05) is 13.1 Å². The van der Waals surface area contributed by atoms with E-state index in [4.69, 9.17) is 11.6 Å². The van der Waals surface area contributed by atoms with Crippen molar-refractivity contribution in [3.05, 3.63) is 35.9 Å². The molecule has 0 radical (unpaired) electrons. The Morgan fingerprint density at radius 3 is 2.50 bits per heavy atom. The molecule has 0 bridgehead atoms. The van der Waals surface area contributed by atoms with Gasteiger partial charge in [0.2, 0.25) is 0 Å². The van der Waals surface area contributed by atoms with Gasteiger partial charge in [-0.3, -0.25) is 0 Å². The van der Waals surface area contributed by atoms with Gasteiger partial charge in [0.15, 0.2) is 0 Å². The molecule has 1 aromatic carbocycles. The predicted molar refractivity (Wildman–Crippen MR) is 72.1 cm³/mol. The summed E-state index contributed by atoms with van der Waals surface area (Å²) >= 11 is 6.20. The molecule has 0 heterocycles. The van der Waals surface area contributed by atoms with E-state index in [0.717, 1.165) is 25.9 Å². The van der Waals surface area contributed by atoms with Gasteiger partial charge in [0.05, 0.1) is 0 Å². The largest absolute Gasteiger partial charge is 0.315 e. The maximum Gasteiger partial charge on any atom is 0.0463 e. The Morgan fingerprint density at radius 1 is 1.19 bits per heavy atom. The Morgan fingerprint density at radius 2 is 1.88 bits per heavy atom. The van der Waals surface area contributed by atoms with Gasteiger partial charge in [-0.25, -0.2) is 0 Å². The number of halogens is 1. The van der Waals surface area contributed by atoms with Crippen LogP contribution in [0, 0.1) is 5.92 Å². The van der Waals surface area contributed by atoms with E-state index < -0.39 is 0 Å². The molecule has 1 N–H and O–H groups in total. The zero-order chi connectivity index (χ0) is 11.8. The zero-order valence-corrected chi connectivity index (χ0v) is 11.0. The fourth-order valence-corrected chi connectivity index (χ4v) is 2.20. The Hall–Kier alpha value is -0.530. The van der Waals surface area contributed by atoms with Gasteiger partial charge >= 0.3 is 0 Å². The number of hydrogen-bond acceptors (Lipinski definition) is 1. The molecule has 2 heteroatoms. The topological polar surface area (TPSA) is 12.0 Å². The van der Waals surface area contributed by atoms with E-state index in [0.29, 0.717) is 5.92 Å². The SMILES string of the molecule is CC(C)CC(Cl)CNCCc1ccccc1. The molecular formula is C14H22ClN. The molecule has 1 aromatic rings. The van der Waals surface area contributed by atoms with Gasteiger partial charge in [-0.2, -0.15) is 0 Å². The van der Waals surface area contributed by atoms with Gasteiger partial charge in [-0.05, 0) is 30.9 Å². The highest BCUT2D eigenvalue weighted by molar-refractivity contribution is 6.20. The van der Waals surface area contributed by atoms with E-state index in [1.54, 1.807) is 0 Å². The first kappa shape index (κ1) is 13.5. The van der Waals surface area contributed by atoms with Gasteiger partial charge < -0.3 is 5.32 Å². The second kappa shape index (κ2) is 7.70. The average Bonchev–Trinajstić information content (AvgIpc) is 2.25. The van der Waals surface area contributed by atoms with Crippen LogP contribution < -0.4 is 5.32 Å². The minimum Gasteiger partial charge on any atom is -0.315 e. The lowest BCUT2D eigenvalue weighted by atomic mass is 10.1. The van der Waals surface area contributed by atoms with Crippen molar-refractivity contribution < 1.29 is 0 Å². The Bertz CT molecular complexity index is 271. The van der Waals surface area contributed by atoms with Gasteiger partial charge in [0.25, 0.3) is 0 Å².